The van der Waals surface area contributed by atoms with Gasteiger partial charge in [0.15, 0.2) is 6.61 Å². The van der Waals surface area contributed by atoms with E-state index in [-0.39, 0.29) is 24.9 Å². The number of hydrogen-bond donors (Lipinski definition) is 1. The number of ether oxygens (including phenoxy) is 1. The number of rotatable bonds is 5. The molecule has 0 heterocycles. The number of amides is 1. The molecule has 0 saturated heterocycles. The van der Waals surface area contributed by atoms with Crippen LogP contribution in [-0.4, -0.2) is 12.5 Å². The zero-order valence-corrected chi connectivity index (χ0v) is 12.3. The van der Waals surface area contributed by atoms with Gasteiger partial charge in [-0.3, -0.25) is 4.79 Å². The summed E-state index contributed by atoms with van der Waals surface area (Å²) in [6.07, 6.45) is 0. The van der Waals surface area contributed by atoms with E-state index >= 15 is 0 Å². The minimum absolute atomic E-state index is 0.128. The van der Waals surface area contributed by atoms with Crippen molar-refractivity contribution in [2.75, 3.05) is 6.61 Å². The molecular weight excluding hydrogens is 293 g/mol. The first kappa shape index (κ1) is 15.3. The number of benzene rings is 2. The lowest BCUT2D eigenvalue weighted by molar-refractivity contribution is -0.123. The fraction of sp³-hybridized carbons (Fsp3) is 0.188. The summed E-state index contributed by atoms with van der Waals surface area (Å²) in [5.41, 5.74) is 1.29. The third-order valence-electron chi connectivity index (χ3n) is 2.93. The molecule has 0 bridgehead atoms. The molecule has 0 saturated carbocycles. The normalized spacial score (nSPS) is 10.2. The number of carbonyl (C=O) groups excluding carboxylic acids is 1. The third kappa shape index (κ3) is 4.46. The summed E-state index contributed by atoms with van der Waals surface area (Å²) in [7, 11) is 0. The number of halogens is 2. The summed E-state index contributed by atoms with van der Waals surface area (Å²) < 4.78 is 18.8. The second-order valence-electron chi connectivity index (χ2n) is 4.57. The fourth-order valence-corrected chi connectivity index (χ4v) is 2.03. The highest BCUT2D eigenvalue weighted by Crippen LogP contribution is 2.21. The molecule has 110 valence electrons. The Labute approximate surface area is 127 Å². The number of nitrogens with one attached hydrogen (secondary N) is 1. The average Bonchev–Trinajstić information content (AvgIpc) is 2.45. The van der Waals surface area contributed by atoms with Crippen molar-refractivity contribution in [2.24, 2.45) is 0 Å². The summed E-state index contributed by atoms with van der Waals surface area (Å²) in [6, 6.07) is 11.5. The van der Waals surface area contributed by atoms with Crippen molar-refractivity contribution in [1.82, 2.24) is 5.32 Å². The molecule has 0 atom stereocenters. The monoisotopic (exact) mass is 307 g/mol. The molecule has 1 amide bonds. The van der Waals surface area contributed by atoms with Crippen LogP contribution in [-0.2, 0) is 11.3 Å². The number of carbonyl (C=O) groups is 1. The summed E-state index contributed by atoms with van der Waals surface area (Å²) in [5.74, 6) is -0.0553. The topological polar surface area (TPSA) is 38.3 Å². The highest BCUT2D eigenvalue weighted by atomic mass is 35.5. The predicted octanol–water partition coefficient (Wildman–Crippen LogP) is 3.48. The Kier molecular flexibility index (Phi) is 5.17. The van der Waals surface area contributed by atoms with E-state index in [1.165, 1.54) is 6.07 Å². The average molecular weight is 308 g/mol. The molecule has 3 nitrogen and oxygen atoms in total. The van der Waals surface area contributed by atoms with Crippen LogP contribution in [0.5, 0.6) is 5.75 Å². The van der Waals surface area contributed by atoms with E-state index in [9.17, 15) is 9.18 Å². The third-order valence-corrected chi connectivity index (χ3v) is 3.16. The van der Waals surface area contributed by atoms with Gasteiger partial charge in [0, 0.05) is 17.1 Å². The zero-order valence-electron chi connectivity index (χ0n) is 11.5. The first-order valence-corrected chi connectivity index (χ1v) is 6.83. The molecule has 2 aromatic carbocycles. The largest absolute Gasteiger partial charge is 0.484 e. The van der Waals surface area contributed by atoms with Crippen molar-refractivity contribution in [3.05, 3.63) is 64.4 Å². The molecule has 0 aliphatic rings. The van der Waals surface area contributed by atoms with Gasteiger partial charge in [-0.05, 0) is 36.8 Å². The maximum atomic E-state index is 13.4. The number of hydrogen-bond acceptors (Lipinski definition) is 2. The van der Waals surface area contributed by atoms with Crippen molar-refractivity contribution in [2.45, 2.75) is 13.5 Å². The van der Waals surface area contributed by atoms with Crippen LogP contribution in [0.25, 0.3) is 0 Å². The van der Waals surface area contributed by atoms with Gasteiger partial charge >= 0.3 is 0 Å². The van der Waals surface area contributed by atoms with Gasteiger partial charge in [-0.15, -0.1) is 0 Å². The summed E-state index contributed by atoms with van der Waals surface area (Å²) in [6.45, 7) is 1.85. The van der Waals surface area contributed by atoms with Gasteiger partial charge in [-0.1, -0.05) is 29.8 Å². The van der Waals surface area contributed by atoms with E-state index in [0.29, 0.717) is 16.3 Å². The molecule has 0 aliphatic heterocycles. The highest BCUT2D eigenvalue weighted by Gasteiger charge is 2.07. The maximum Gasteiger partial charge on any atom is 0.258 e. The lowest BCUT2D eigenvalue weighted by Gasteiger charge is -2.10. The van der Waals surface area contributed by atoms with Gasteiger partial charge in [-0.25, -0.2) is 4.39 Å². The van der Waals surface area contributed by atoms with Crippen LogP contribution < -0.4 is 10.1 Å². The highest BCUT2D eigenvalue weighted by molar-refractivity contribution is 6.30. The second-order valence-corrected chi connectivity index (χ2v) is 5.00. The van der Waals surface area contributed by atoms with E-state index in [1.54, 1.807) is 36.4 Å². The maximum absolute atomic E-state index is 13.4. The van der Waals surface area contributed by atoms with Crippen LogP contribution in [0.4, 0.5) is 4.39 Å². The molecular formula is C16H15ClFNO2. The lowest BCUT2D eigenvalue weighted by Crippen LogP contribution is -2.28. The Hall–Kier alpha value is -2.07. The molecule has 5 heteroatoms. The Morgan fingerprint density at radius 1 is 1.29 bits per heavy atom. The number of aryl methyl sites for hydroxylation is 1. The molecule has 21 heavy (non-hydrogen) atoms. The standard InChI is InChI=1S/C16H15ClFNO2/c1-11-8-13(17)6-7-15(11)21-10-16(20)19-9-12-4-2-3-5-14(12)18/h2-8H,9-10H2,1H3,(H,19,20). The minimum atomic E-state index is -0.340. The molecule has 0 fully saturated rings. The van der Waals surface area contributed by atoms with Gasteiger partial charge in [0.25, 0.3) is 5.91 Å². The van der Waals surface area contributed by atoms with Gasteiger partial charge in [-0.2, -0.15) is 0 Å². The molecule has 0 spiro atoms. The molecule has 0 aromatic heterocycles. The first-order chi connectivity index (χ1) is 10.1. The zero-order chi connectivity index (χ0) is 15.2. The molecule has 0 radical (unpaired) electrons. The molecule has 1 N–H and O–H groups in total. The van der Waals surface area contributed by atoms with Crippen molar-refractivity contribution >= 4 is 17.5 Å². The summed E-state index contributed by atoms with van der Waals surface area (Å²) >= 11 is 5.84. The minimum Gasteiger partial charge on any atom is -0.484 e. The molecule has 0 unspecified atom stereocenters. The van der Waals surface area contributed by atoms with Crippen molar-refractivity contribution < 1.29 is 13.9 Å². The quantitative estimate of drug-likeness (QED) is 0.918. The Balaban J connectivity index is 1.84. The van der Waals surface area contributed by atoms with Crippen LogP contribution in [0.2, 0.25) is 5.02 Å². The van der Waals surface area contributed by atoms with Gasteiger partial charge in [0.1, 0.15) is 11.6 Å². The Bertz CT molecular complexity index is 646. The second kappa shape index (κ2) is 7.09. The SMILES string of the molecule is Cc1cc(Cl)ccc1OCC(=O)NCc1ccccc1F. The lowest BCUT2D eigenvalue weighted by atomic mass is 10.2. The van der Waals surface area contributed by atoms with E-state index in [0.717, 1.165) is 5.56 Å². The molecule has 2 rings (SSSR count). The van der Waals surface area contributed by atoms with Crippen LogP contribution in [0.3, 0.4) is 0 Å². The summed E-state index contributed by atoms with van der Waals surface area (Å²) in [4.78, 5) is 11.7. The van der Waals surface area contributed by atoms with Gasteiger partial charge < -0.3 is 10.1 Å². The van der Waals surface area contributed by atoms with Crippen LogP contribution >= 0.6 is 11.6 Å². The molecule has 2 aromatic rings. The van der Waals surface area contributed by atoms with Crippen LogP contribution in [0.15, 0.2) is 42.5 Å². The van der Waals surface area contributed by atoms with E-state index in [4.69, 9.17) is 16.3 Å². The predicted molar refractivity (Wildman–Crippen MR) is 79.9 cm³/mol. The fourth-order valence-electron chi connectivity index (χ4n) is 1.80. The van der Waals surface area contributed by atoms with Crippen LogP contribution in [0, 0.1) is 12.7 Å². The summed E-state index contributed by atoms with van der Waals surface area (Å²) in [5, 5.41) is 3.23. The van der Waals surface area contributed by atoms with Gasteiger partial charge in [0.2, 0.25) is 0 Å². The Morgan fingerprint density at radius 2 is 2.05 bits per heavy atom. The Morgan fingerprint density at radius 3 is 2.76 bits per heavy atom. The van der Waals surface area contributed by atoms with E-state index in [1.807, 2.05) is 6.92 Å². The first-order valence-electron chi connectivity index (χ1n) is 6.45. The van der Waals surface area contributed by atoms with Crippen molar-refractivity contribution in [3.63, 3.8) is 0 Å². The van der Waals surface area contributed by atoms with Crippen LogP contribution in [0.1, 0.15) is 11.1 Å². The van der Waals surface area contributed by atoms with Crippen molar-refractivity contribution in [3.8, 4) is 5.75 Å². The van der Waals surface area contributed by atoms with E-state index < -0.39 is 0 Å². The smallest absolute Gasteiger partial charge is 0.258 e. The van der Waals surface area contributed by atoms with Crippen molar-refractivity contribution in [1.29, 1.82) is 0 Å². The van der Waals surface area contributed by atoms with E-state index in [2.05, 4.69) is 5.32 Å². The van der Waals surface area contributed by atoms with Gasteiger partial charge in [0.05, 0.1) is 0 Å². The molecule has 0 aliphatic carbocycles.